The van der Waals surface area contributed by atoms with Gasteiger partial charge in [-0.05, 0) is 30.3 Å². The van der Waals surface area contributed by atoms with Crippen molar-refractivity contribution in [3.8, 4) is 6.07 Å². The smallest absolute Gasteiger partial charge is 0.404 e. The number of carbonyl (C=O) groups is 2. The van der Waals surface area contributed by atoms with Gasteiger partial charge in [-0.2, -0.15) is 5.26 Å². The van der Waals surface area contributed by atoms with Gasteiger partial charge in [-0.1, -0.05) is 29.8 Å². The molecule has 0 spiro atoms. The van der Waals surface area contributed by atoms with Crippen LogP contribution in [0.4, 0.5) is 10.5 Å². The van der Waals surface area contributed by atoms with Crippen molar-refractivity contribution in [1.29, 1.82) is 5.26 Å². The summed E-state index contributed by atoms with van der Waals surface area (Å²) in [5.41, 5.74) is 5.93. The van der Waals surface area contributed by atoms with Crippen molar-refractivity contribution in [3.63, 3.8) is 0 Å². The van der Waals surface area contributed by atoms with Crippen LogP contribution in [0.1, 0.15) is 15.9 Å². The Labute approximate surface area is 144 Å². The second-order valence-electron chi connectivity index (χ2n) is 4.76. The van der Waals surface area contributed by atoms with Crippen LogP contribution in [0.15, 0.2) is 48.5 Å². The zero-order valence-corrected chi connectivity index (χ0v) is 13.4. The molecule has 122 valence electrons. The fourth-order valence-corrected chi connectivity index (χ4v) is 2.30. The summed E-state index contributed by atoms with van der Waals surface area (Å²) in [7, 11) is 0. The van der Waals surface area contributed by atoms with Crippen LogP contribution in [0.25, 0.3) is 0 Å². The number of nitrogens with two attached hydrogens (primary N) is 1. The van der Waals surface area contributed by atoms with Crippen LogP contribution in [0.5, 0.6) is 0 Å². The number of primary amides is 1. The fourth-order valence-electron chi connectivity index (χ4n) is 2.13. The average Bonchev–Trinajstić information content (AvgIpc) is 2.58. The number of nitriles is 1. The Morgan fingerprint density at radius 2 is 1.92 bits per heavy atom. The summed E-state index contributed by atoms with van der Waals surface area (Å²) in [6, 6.07) is 15.3. The van der Waals surface area contributed by atoms with E-state index in [-0.39, 0.29) is 24.3 Å². The van der Waals surface area contributed by atoms with Crippen molar-refractivity contribution >= 4 is 29.3 Å². The number of nitrogens with zero attached hydrogens (tertiary/aromatic N) is 2. The van der Waals surface area contributed by atoms with E-state index in [2.05, 4.69) is 0 Å². The Morgan fingerprint density at radius 1 is 1.21 bits per heavy atom. The van der Waals surface area contributed by atoms with E-state index in [9.17, 15) is 14.9 Å². The van der Waals surface area contributed by atoms with Crippen molar-refractivity contribution < 1.29 is 14.3 Å². The van der Waals surface area contributed by atoms with Gasteiger partial charge in [0.15, 0.2) is 0 Å². The third kappa shape index (κ3) is 4.24. The fraction of sp³-hybridized carbons (Fsp3) is 0.118. The third-order valence-electron chi connectivity index (χ3n) is 3.20. The lowest BCUT2D eigenvalue weighted by Gasteiger charge is -2.23. The molecule has 0 aliphatic heterocycles. The van der Waals surface area contributed by atoms with E-state index in [0.29, 0.717) is 10.7 Å². The molecule has 0 aliphatic carbocycles. The number of carbonyl (C=O) groups excluding carboxylic acids is 2. The molecule has 2 rings (SSSR count). The highest BCUT2D eigenvalue weighted by Crippen LogP contribution is 2.21. The van der Waals surface area contributed by atoms with E-state index >= 15 is 0 Å². The molecule has 0 unspecified atom stereocenters. The SMILES string of the molecule is N#Cc1ccc(Cl)cc1C(=O)N(CCOC(N)=O)c1ccccc1. The molecule has 0 bridgehead atoms. The van der Waals surface area contributed by atoms with Crippen molar-refractivity contribution in [3.05, 3.63) is 64.7 Å². The summed E-state index contributed by atoms with van der Waals surface area (Å²) in [5.74, 6) is -0.423. The number of para-hydroxylation sites is 1. The molecule has 6 nitrogen and oxygen atoms in total. The maximum Gasteiger partial charge on any atom is 0.404 e. The predicted octanol–water partition coefficient (Wildman–Crippen LogP) is 2.95. The zero-order chi connectivity index (χ0) is 17.5. The second-order valence-corrected chi connectivity index (χ2v) is 5.20. The Hall–Kier alpha value is -3.04. The number of amides is 2. The largest absolute Gasteiger partial charge is 0.448 e. The molecule has 7 heteroatoms. The van der Waals surface area contributed by atoms with Gasteiger partial charge in [0.1, 0.15) is 6.61 Å². The molecule has 0 aliphatic rings. The lowest BCUT2D eigenvalue weighted by atomic mass is 10.1. The molecule has 2 N–H and O–H groups in total. The number of halogens is 1. The van der Waals surface area contributed by atoms with Gasteiger partial charge in [0, 0.05) is 10.7 Å². The number of hydrogen-bond donors (Lipinski definition) is 1. The van der Waals surface area contributed by atoms with E-state index in [0.717, 1.165) is 0 Å². The molecular weight excluding hydrogens is 330 g/mol. The first kappa shape index (κ1) is 17.3. The topological polar surface area (TPSA) is 96.4 Å². The van der Waals surface area contributed by atoms with Gasteiger partial charge in [-0.25, -0.2) is 4.79 Å². The molecule has 0 fully saturated rings. The molecule has 2 aromatic carbocycles. The number of ether oxygens (including phenoxy) is 1. The van der Waals surface area contributed by atoms with Gasteiger partial charge in [-0.15, -0.1) is 0 Å². The quantitative estimate of drug-likeness (QED) is 0.902. The van der Waals surface area contributed by atoms with Gasteiger partial charge >= 0.3 is 6.09 Å². The molecule has 0 saturated heterocycles. The van der Waals surface area contributed by atoms with Crippen LogP contribution in [0.3, 0.4) is 0 Å². The van der Waals surface area contributed by atoms with Crippen LogP contribution < -0.4 is 10.6 Å². The molecular formula is C17H14ClN3O3. The summed E-state index contributed by atoms with van der Waals surface area (Å²) >= 11 is 5.95. The minimum Gasteiger partial charge on any atom is -0.448 e. The minimum atomic E-state index is -0.920. The van der Waals surface area contributed by atoms with Crippen LogP contribution in [-0.4, -0.2) is 25.2 Å². The Bertz CT molecular complexity index is 787. The monoisotopic (exact) mass is 343 g/mol. The molecule has 0 radical (unpaired) electrons. The Kier molecular flexibility index (Phi) is 5.77. The molecule has 0 atom stereocenters. The van der Waals surface area contributed by atoms with E-state index in [4.69, 9.17) is 22.1 Å². The highest BCUT2D eigenvalue weighted by Gasteiger charge is 2.21. The third-order valence-corrected chi connectivity index (χ3v) is 3.44. The molecule has 2 aromatic rings. The number of benzene rings is 2. The maximum absolute atomic E-state index is 12.9. The van der Waals surface area contributed by atoms with Crippen LogP contribution in [0, 0.1) is 11.3 Å². The highest BCUT2D eigenvalue weighted by molar-refractivity contribution is 6.31. The summed E-state index contributed by atoms with van der Waals surface area (Å²) < 4.78 is 4.71. The van der Waals surface area contributed by atoms with Gasteiger partial charge in [0.05, 0.1) is 23.7 Å². The summed E-state index contributed by atoms with van der Waals surface area (Å²) in [6.45, 7) is 0.0155. The van der Waals surface area contributed by atoms with E-state index in [1.165, 1.54) is 17.0 Å². The van der Waals surface area contributed by atoms with E-state index in [1.807, 2.05) is 12.1 Å². The Morgan fingerprint density at radius 3 is 2.54 bits per heavy atom. The first-order valence-corrected chi connectivity index (χ1v) is 7.39. The Balaban J connectivity index is 2.36. The molecule has 2 amide bonds. The molecule has 0 heterocycles. The lowest BCUT2D eigenvalue weighted by Crippen LogP contribution is -2.35. The van der Waals surface area contributed by atoms with Crippen molar-refractivity contribution in [2.45, 2.75) is 0 Å². The second kappa shape index (κ2) is 7.99. The van der Waals surface area contributed by atoms with Gasteiger partial charge in [0.2, 0.25) is 0 Å². The zero-order valence-electron chi connectivity index (χ0n) is 12.6. The first-order valence-electron chi connectivity index (χ1n) is 7.01. The predicted molar refractivity (Wildman–Crippen MR) is 89.8 cm³/mol. The lowest BCUT2D eigenvalue weighted by molar-refractivity contribution is 0.0975. The summed E-state index contributed by atoms with van der Waals surface area (Å²) in [4.78, 5) is 25.0. The van der Waals surface area contributed by atoms with Crippen molar-refractivity contribution in [2.24, 2.45) is 5.73 Å². The number of anilines is 1. The minimum absolute atomic E-state index is 0.0710. The summed E-state index contributed by atoms with van der Waals surface area (Å²) in [6.07, 6.45) is -0.920. The van der Waals surface area contributed by atoms with E-state index < -0.39 is 12.0 Å². The maximum atomic E-state index is 12.9. The molecule has 24 heavy (non-hydrogen) atoms. The molecule has 0 aromatic heterocycles. The van der Waals surface area contributed by atoms with E-state index in [1.54, 1.807) is 30.3 Å². The van der Waals surface area contributed by atoms with Crippen LogP contribution >= 0.6 is 11.6 Å². The first-order chi connectivity index (χ1) is 11.5. The van der Waals surface area contributed by atoms with Crippen LogP contribution in [0.2, 0.25) is 5.02 Å². The van der Waals surface area contributed by atoms with Gasteiger partial charge < -0.3 is 15.4 Å². The van der Waals surface area contributed by atoms with Gasteiger partial charge in [0.25, 0.3) is 5.91 Å². The average molecular weight is 344 g/mol. The highest BCUT2D eigenvalue weighted by atomic mass is 35.5. The molecule has 0 saturated carbocycles. The van der Waals surface area contributed by atoms with Gasteiger partial charge in [-0.3, -0.25) is 4.79 Å². The standard InChI is InChI=1S/C17H14ClN3O3/c18-13-7-6-12(11-19)15(10-13)16(22)21(8-9-24-17(20)23)14-4-2-1-3-5-14/h1-7,10H,8-9H2,(H2,20,23). The normalized spacial score (nSPS) is 9.83. The van der Waals surface area contributed by atoms with Crippen molar-refractivity contribution in [1.82, 2.24) is 0 Å². The summed E-state index contributed by atoms with van der Waals surface area (Å²) in [5, 5.41) is 9.56. The number of rotatable bonds is 5. The van der Waals surface area contributed by atoms with Crippen molar-refractivity contribution in [2.75, 3.05) is 18.1 Å². The number of hydrogen-bond acceptors (Lipinski definition) is 4. The van der Waals surface area contributed by atoms with Crippen LogP contribution in [-0.2, 0) is 4.74 Å².